The van der Waals surface area contributed by atoms with Crippen LogP contribution in [0.1, 0.15) is 27.8 Å². The summed E-state index contributed by atoms with van der Waals surface area (Å²) >= 11 is 0. The van der Waals surface area contributed by atoms with E-state index in [0.29, 0.717) is 54.3 Å². The number of halogens is 12. The van der Waals surface area contributed by atoms with Gasteiger partial charge < -0.3 is 0 Å². The highest BCUT2D eigenvalue weighted by molar-refractivity contribution is 8.01. The highest BCUT2D eigenvalue weighted by Gasteiger charge is 2.38. The molecule has 0 aliphatic carbocycles. The molecule has 15 heteroatoms. The van der Waals surface area contributed by atoms with Crippen molar-refractivity contribution in [1.82, 2.24) is 0 Å². The molecular weight excluding hydrogens is 791 g/mol. The fraction of sp³-hybridized carbons (Fsp3) is 0.143. The van der Waals surface area contributed by atoms with Gasteiger partial charge in [0.2, 0.25) is 0 Å². The van der Waals surface area contributed by atoms with Crippen LogP contribution >= 0.6 is 0 Å². The fourth-order valence-electron chi connectivity index (χ4n) is 6.68. The minimum absolute atomic E-state index is 0.0114. The van der Waals surface area contributed by atoms with Crippen LogP contribution in [0.25, 0.3) is 0 Å². The second kappa shape index (κ2) is 16.3. The van der Waals surface area contributed by atoms with Gasteiger partial charge in [-0.1, -0.05) is 150 Å². The normalized spacial score (nSPS) is 13.6. The zero-order chi connectivity index (χ0) is 41.9. The van der Waals surface area contributed by atoms with E-state index in [-0.39, 0.29) is 21.9 Å². The van der Waals surface area contributed by atoms with Crippen LogP contribution in [-0.4, -0.2) is 12.4 Å². The van der Waals surface area contributed by atoms with Crippen molar-refractivity contribution in [2.75, 3.05) is 6.26 Å². The first kappa shape index (κ1) is 42.8. The van der Waals surface area contributed by atoms with Crippen molar-refractivity contribution in [3.05, 3.63) is 186 Å². The zero-order valence-electron chi connectivity index (χ0n) is 29.6. The molecule has 0 aromatic heterocycles. The number of hydrogen-bond donors (Lipinski definition) is 0. The molecule has 0 heterocycles. The Morgan fingerprint density at radius 1 is 0.386 bits per heavy atom. The van der Waals surface area contributed by atoms with Crippen molar-refractivity contribution in [3.8, 4) is 0 Å². The molecule has 0 aliphatic rings. The van der Waals surface area contributed by atoms with Gasteiger partial charge in [-0.2, -0.15) is 74.5 Å². The van der Waals surface area contributed by atoms with Crippen LogP contribution in [-0.2, 0) is 44.6 Å². The molecule has 0 N–H and O–H groups in total. The first-order valence-electron chi connectivity index (χ1n) is 17.0. The molecule has 0 fully saturated rings. The highest BCUT2D eigenvalue weighted by atomic mass is 32.2. The van der Waals surface area contributed by atoms with Crippen LogP contribution in [0.2, 0.25) is 0 Å². The van der Waals surface area contributed by atoms with E-state index in [0.717, 1.165) is 59.0 Å². The third-order valence-electron chi connectivity index (χ3n) is 9.48. The largest absolute Gasteiger partial charge is 0.416 e. The monoisotopic (exact) mass is 822 g/mol. The van der Waals surface area contributed by atoms with Gasteiger partial charge in [-0.25, -0.2) is 0 Å². The van der Waals surface area contributed by atoms with Gasteiger partial charge in [-0.05, 0) is 12.1 Å². The van der Waals surface area contributed by atoms with Gasteiger partial charge in [0, 0.05) is 5.56 Å². The minimum atomic E-state index is -4.77. The molecule has 0 amide bonds. The Kier molecular flexibility index (Phi) is 12.2. The molecule has 57 heavy (non-hydrogen) atoms. The van der Waals surface area contributed by atoms with Gasteiger partial charge in [0.25, 0.3) is 0 Å². The molecule has 6 rings (SSSR count). The lowest BCUT2D eigenvalue weighted by Crippen LogP contribution is -2.74. The lowest BCUT2D eigenvalue weighted by molar-refractivity contribution is -0.138. The number of benzene rings is 6. The fourth-order valence-corrected chi connectivity index (χ4v) is 8.41. The van der Waals surface area contributed by atoms with Gasteiger partial charge in [-0.15, -0.1) is 0 Å². The first-order chi connectivity index (χ1) is 26.5. The Morgan fingerprint density at radius 2 is 0.632 bits per heavy atom. The van der Waals surface area contributed by atoms with Crippen molar-refractivity contribution in [1.29, 1.82) is 0 Å². The van der Waals surface area contributed by atoms with Gasteiger partial charge in [0.05, 0.1) is 22.3 Å². The molecule has 6 aromatic rings. The number of hydrogen-bond acceptors (Lipinski definition) is 1. The molecule has 1 unspecified atom stereocenters. The number of alkyl halides is 12. The van der Waals surface area contributed by atoms with Crippen LogP contribution in [0.3, 0.4) is 0 Å². The molecule has 1 nitrogen and oxygen atoms in total. The maximum atomic E-state index is 13.3. The van der Waals surface area contributed by atoms with Crippen molar-refractivity contribution >= 4 is 37.9 Å². The van der Waals surface area contributed by atoms with Gasteiger partial charge in [-0.3, -0.25) is 0 Å². The van der Waals surface area contributed by atoms with Crippen LogP contribution < -0.4 is 21.9 Å². The standard InChI is InChI=1S/C28H16BF12.C14H15OS/c30-25(31,32)17-1-9-21(10-2-17)29(22-11-3-18(4-12-22)26(33,34)35,23-13-5-19(6-14-23)27(36,37)38)24-15-7-20(8-16-24)28(39,40)41;1-16(15,14-10-6-3-7-11-14)12-13-8-4-2-5-9-13/h1-16H;2-11H,12H2,1H3/q-1;+1. The lowest BCUT2D eigenvalue weighted by Gasteiger charge is -2.44. The molecule has 0 bridgehead atoms. The summed E-state index contributed by atoms with van der Waals surface area (Å²) in [6.45, 7) is 0. The quantitative estimate of drug-likeness (QED) is 0.0891. The Morgan fingerprint density at radius 3 is 0.877 bits per heavy atom. The maximum absolute atomic E-state index is 13.3. The van der Waals surface area contributed by atoms with E-state index in [1.54, 1.807) is 0 Å². The van der Waals surface area contributed by atoms with E-state index < -0.39 is 63.0 Å². The third kappa shape index (κ3) is 9.99. The van der Waals surface area contributed by atoms with E-state index >= 15 is 0 Å². The molecule has 1 atom stereocenters. The Hall–Kier alpha value is -5.31. The van der Waals surface area contributed by atoms with E-state index in [9.17, 15) is 56.9 Å². The van der Waals surface area contributed by atoms with Gasteiger partial charge >= 0.3 is 24.7 Å². The highest BCUT2D eigenvalue weighted by Crippen LogP contribution is 2.32. The average molecular weight is 823 g/mol. The SMILES string of the molecule is C[S+](=O)(Cc1ccccc1)c1ccccc1.FC(F)(F)c1ccc([B-](c2ccc(C(F)(F)F)cc2)(c2ccc(C(F)(F)F)cc2)c2ccc(C(F)(F)F)cc2)cc1. The van der Waals surface area contributed by atoms with Crippen LogP contribution in [0, 0.1) is 0 Å². The molecule has 0 aliphatic heterocycles. The summed E-state index contributed by atoms with van der Waals surface area (Å²) in [5.41, 5.74) is -3.17. The van der Waals surface area contributed by atoms with Crippen LogP contribution in [0.5, 0.6) is 0 Å². The first-order valence-corrected chi connectivity index (χ1v) is 19.1. The second-order valence-electron chi connectivity index (χ2n) is 13.3. The topological polar surface area (TPSA) is 17.1 Å². The minimum Gasteiger partial charge on any atom is -0.195 e. The third-order valence-corrected chi connectivity index (χ3v) is 11.6. The zero-order valence-corrected chi connectivity index (χ0v) is 30.5. The summed E-state index contributed by atoms with van der Waals surface area (Å²) < 4.78 is 173. The predicted octanol–water partition coefficient (Wildman–Crippen LogP) is 10.5. The summed E-state index contributed by atoms with van der Waals surface area (Å²) in [7, 11) is -1.96. The van der Waals surface area contributed by atoms with Crippen molar-refractivity contribution in [2.24, 2.45) is 0 Å². The predicted molar refractivity (Wildman–Crippen MR) is 199 cm³/mol. The molecular formula is C42H31BF12OS. The molecule has 0 radical (unpaired) electrons. The Labute approximate surface area is 321 Å². The van der Waals surface area contributed by atoms with Gasteiger partial charge in [0.1, 0.15) is 28.1 Å². The number of rotatable bonds is 7. The second-order valence-corrected chi connectivity index (χ2v) is 16.1. The van der Waals surface area contributed by atoms with Crippen LogP contribution in [0.4, 0.5) is 52.7 Å². The smallest absolute Gasteiger partial charge is 0.195 e. The lowest BCUT2D eigenvalue weighted by atomic mass is 9.13. The van der Waals surface area contributed by atoms with E-state index in [1.165, 1.54) is 0 Å². The van der Waals surface area contributed by atoms with Crippen LogP contribution in [0.15, 0.2) is 163 Å². The summed E-state index contributed by atoms with van der Waals surface area (Å²) in [4.78, 5) is 0.929. The van der Waals surface area contributed by atoms with E-state index in [1.807, 2.05) is 66.9 Å². The molecule has 0 spiro atoms. The Bertz CT molecular complexity index is 2030. The van der Waals surface area contributed by atoms with Crippen molar-refractivity contribution in [3.63, 3.8) is 0 Å². The maximum Gasteiger partial charge on any atom is 0.416 e. The van der Waals surface area contributed by atoms with Crippen molar-refractivity contribution < 1.29 is 56.9 Å². The molecule has 6 aromatic carbocycles. The summed E-state index contributed by atoms with van der Waals surface area (Å²) in [6.07, 6.45) is -20.2. The molecule has 0 saturated carbocycles. The average Bonchev–Trinajstić information content (AvgIpc) is 3.15. The van der Waals surface area contributed by atoms with E-state index in [2.05, 4.69) is 0 Å². The summed E-state index contributed by atoms with van der Waals surface area (Å²) in [6, 6.07) is 33.2. The Balaban J connectivity index is 0.000000322. The van der Waals surface area contributed by atoms with Gasteiger partial charge in [0.15, 0.2) is 4.90 Å². The van der Waals surface area contributed by atoms with Crippen molar-refractivity contribution in [2.45, 2.75) is 35.4 Å². The molecule has 0 saturated heterocycles. The molecule has 298 valence electrons. The summed E-state index contributed by atoms with van der Waals surface area (Å²) in [5, 5.41) is 0. The summed E-state index contributed by atoms with van der Waals surface area (Å²) in [5.74, 6) is 0.609. The van der Waals surface area contributed by atoms with E-state index in [4.69, 9.17) is 0 Å².